The van der Waals surface area contributed by atoms with Crippen LogP contribution in [0.25, 0.3) is 0 Å². The molecule has 25 heavy (non-hydrogen) atoms. The fourth-order valence-electron chi connectivity index (χ4n) is 6.21. The number of carbonyl (C=O) groups excluding carboxylic acids is 3. The minimum Gasteiger partial charge on any atom is -0.458 e. The van der Waals surface area contributed by atoms with Crippen LogP contribution in [-0.4, -0.2) is 36.7 Å². The van der Waals surface area contributed by atoms with Gasteiger partial charge in [0, 0.05) is 11.3 Å². The molecule has 1 saturated heterocycles. The molecule has 0 N–H and O–H groups in total. The van der Waals surface area contributed by atoms with Crippen LogP contribution in [0.2, 0.25) is 0 Å². The predicted octanol–water partition coefficient (Wildman–Crippen LogP) is 1.85. The van der Waals surface area contributed by atoms with E-state index in [1.807, 2.05) is 13.8 Å². The largest absolute Gasteiger partial charge is 0.458 e. The molecule has 0 radical (unpaired) electrons. The first-order chi connectivity index (χ1) is 11.8. The van der Waals surface area contributed by atoms with E-state index in [4.69, 9.17) is 14.2 Å². The zero-order valence-electron chi connectivity index (χ0n) is 14.7. The first kappa shape index (κ1) is 15.6. The summed E-state index contributed by atoms with van der Waals surface area (Å²) in [7, 11) is 0. The molecule has 136 valence electrons. The van der Waals surface area contributed by atoms with Crippen LogP contribution in [0, 0.1) is 34.5 Å². The first-order valence-electron chi connectivity index (χ1n) is 9.41. The lowest BCUT2D eigenvalue weighted by Crippen LogP contribution is -2.37. The smallest absolute Gasteiger partial charge is 0.344 e. The van der Waals surface area contributed by atoms with Gasteiger partial charge in [-0.1, -0.05) is 6.92 Å². The Morgan fingerprint density at radius 2 is 2.00 bits per heavy atom. The molecule has 5 rings (SSSR count). The van der Waals surface area contributed by atoms with Gasteiger partial charge in [0.15, 0.2) is 6.61 Å². The molecular formula is C19H24O6. The maximum Gasteiger partial charge on any atom is 0.344 e. The van der Waals surface area contributed by atoms with Gasteiger partial charge in [-0.3, -0.25) is 9.59 Å². The average molecular weight is 348 g/mol. The zero-order valence-corrected chi connectivity index (χ0v) is 14.7. The highest BCUT2D eigenvalue weighted by molar-refractivity contribution is 5.83. The van der Waals surface area contributed by atoms with Gasteiger partial charge in [0.05, 0.1) is 11.3 Å². The van der Waals surface area contributed by atoms with Gasteiger partial charge >= 0.3 is 17.9 Å². The Morgan fingerprint density at radius 3 is 2.72 bits per heavy atom. The van der Waals surface area contributed by atoms with Gasteiger partial charge in [-0.2, -0.15) is 0 Å². The molecule has 8 unspecified atom stereocenters. The van der Waals surface area contributed by atoms with Gasteiger partial charge in [0.25, 0.3) is 0 Å². The Balaban J connectivity index is 1.24. The number of hydrogen-bond donors (Lipinski definition) is 0. The van der Waals surface area contributed by atoms with E-state index in [0.717, 1.165) is 32.1 Å². The van der Waals surface area contributed by atoms with Crippen LogP contribution in [0.1, 0.15) is 46.0 Å². The van der Waals surface area contributed by atoms with Crippen LogP contribution in [0.4, 0.5) is 0 Å². The fourth-order valence-corrected chi connectivity index (χ4v) is 6.21. The minimum atomic E-state index is -0.533. The zero-order chi connectivity index (χ0) is 17.6. The quantitative estimate of drug-likeness (QED) is 0.570. The molecular weight excluding hydrogens is 324 g/mol. The molecule has 3 bridgehead atoms. The summed E-state index contributed by atoms with van der Waals surface area (Å²) in [5, 5.41) is 0. The number of hydrogen-bond acceptors (Lipinski definition) is 6. The van der Waals surface area contributed by atoms with Crippen molar-refractivity contribution in [2.75, 3.05) is 6.61 Å². The van der Waals surface area contributed by atoms with Gasteiger partial charge in [-0.25, -0.2) is 4.79 Å². The summed E-state index contributed by atoms with van der Waals surface area (Å²) < 4.78 is 16.5. The topological polar surface area (TPSA) is 78.9 Å². The Kier molecular flexibility index (Phi) is 2.99. The van der Waals surface area contributed by atoms with Crippen molar-refractivity contribution >= 4 is 17.9 Å². The molecule has 1 spiro atoms. The summed E-state index contributed by atoms with van der Waals surface area (Å²) in [6.07, 6.45) is 3.99. The van der Waals surface area contributed by atoms with Crippen molar-refractivity contribution in [2.45, 2.75) is 58.2 Å². The van der Waals surface area contributed by atoms with Gasteiger partial charge in [-0.05, 0) is 50.9 Å². The molecule has 0 aromatic rings. The predicted molar refractivity (Wildman–Crippen MR) is 84.0 cm³/mol. The Labute approximate surface area is 146 Å². The summed E-state index contributed by atoms with van der Waals surface area (Å²) in [5.74, 6) is 0.136. The van der Waals surface area contributed by atoms with Gasteiger partial charge in [-0.15, -0.1) is 0 Å². The number of rotatable bonds is 4. The van der Waals surface area contributed by atoms with Crippen LogP contribution >= 0.6 is 0 Å². The molecule has 4 aliphatic carbocycles. The van der Waals surface area contributed by atoms with Crippen molar-refractivity contribution in [1.82, 2.24) is 0 Å². The second-order valence-electron chi connectivity index (χ2n) is 9.20. The maximum absolute atomic E-state index is 12.2. The average Bonchev–Trinajstić information content (AvgIpc) is 2.87. The molecule has 0 amide bonds. The standard InChI is InChI=1S/C19H24O6/c1-9-5-18(9,2)17(22)23-8-13(20)24-14-11-3-10-4-12-16(21)25-15(14)19(12,6-10)7-11/h9-12,14-15H,3-8H2,1-2H3. The van der Waals surface area contributed by atoms with Gasteiger partial charge in [0.2, 0.25) is 0 Å². The van der Waals surface area contributed by atoms with Crippen molar-refractivity contribution in [2.24, 2.45) is 34.5 Å². The molecule has 5 aliphatic rings. The Hall–Kier alpha value is -1.59. The summed E-state index contributed by atoms with van der Waals surface area (Å²) in [5.41, 5.74) is -0.556. The number of carbonyl (C=O) groups is 3. The van der Waals surface area contributed by atoms with Crippen LogP contribution in [0.5, 0.6) is 0 Å². The van der Waals surface area contributed by atoms with Crippen molar-refractivity contribution in [3.05, 3.63) is 0 Å². The van der Waals surface area contributed by atoms with Crippen LogP contribution in [0.3, 0.4) is 0 Å². The van der Waals surface area contributed by atoms with E-state index in [1.165, 1.54) is 0 Å². The number of fused-ring (bicyclic) bond motifs is 2. The third kappa shape index (κ3) is 1.99. The summed E-state index contributed by atoms with van der Waals surface area (Å²) in [4.78, 5) is 36.5. The van der Waals surface area contributed by atoms with E-state index in [0.29, 0.717) is 11.8 Å². The van der Waals surface area contributed by atoms with E-state index in [1.54, 1.807) is 0 Å². The normalized spacial score (nSPS) is 51.2. The molecule has 5 fully saturated rings. The molecule has 1 heterocycles. The van der Waals surface area contributed by atoms with E-state index >= 15 is 0 Å². The fraction of sp³-hybridized carbons (Fsp3) is 0.842. The molecule has 4 saturated carbocycles. The van der Waals surface area contributed by atoms with Crippen molar-refractivity contribution in [3.63, 3.8) is 0 Å². The van der Waals surface area contributed by atoms with Gasteiger partial charge in [0.1, 0.15) is 12.2 Å². The molecule has 0 aromatic carbocycles. The third-order valence-electron chi connectivity index (χ3n) is 7.78. The second-order valence-corrected chi connectivity index (χ2v) is 9.20. The molecule has 8 atom stereocenters. The highest BCUT2D eigenvalue weighted by Gasteiger charge is 2.72. The lowest BCUT2D eigenvalue weighted by molar-refractivity contribution is -0.172. The highest BCUT2D eigenvalue weighted by Crippen LogP contribution is 2.68. The van der Waals surface area contributed by atoms with Crippen LogP contribution < -0.4 is 0 Å². The van der Waals surface area contributed by atoms with Crippen molar-refractivity contribution in [3.8, 4) is 0 Å². The number of ether oxygens (including phenoxy) is 3. The Morgan fingerprint density at radius 1 is 1.24 bits per heavy atom. The lowest BCUT2D eigenvalue weighted by atomic mass is 9.73. The van der Waals surface area contributed by atoms with Crippen LogP contribution in [-0.2, 0) is 28.6 Å². The van der Waals surface area contributed by atoms with E-state index in [2.05, 4.69) is 0 Å². The molecule has 1 aliphatic heterocycles. The SMILES string of the molecule is CC1CC1(C)C(=O)OCC(=O)OC1C2CC3CC4C(=O)OC1C4(C3)C2. The van der Waals surface area contributed by atoms with E-state index < -0.39 is 11.4 Å². The van der Waals surface area contributed by atoms with E-state index in [-0.39, 0.29) is 48.0 Å². The number of esters is 3. The summed E-state index contributed by atoms with van der Waals surface area (Å²) in [6, 6.07) is 0. The van der Waals surface area contributed by atoms with Gasteiger partial charge < -0.3 is 14.2 Å². The molecule has 6 heteroatoms. The highest BCUT2D eigenvalue weighted by atomic mass is 16.6. The monoisotopic (exact) mass is 348 g/mol. The van der Waals surface area contributed by atoms with Crippen LogP contribution in [0.15, 0.2) is 0 Å². The Bertz CT molecular complexity index is 673. The second kappa shape index (κ2) is 4.77. The summed E-state index contributed by atoms with van der Waals surface area (Å²) >= 11 is 0. The minimum absolute atomic E-state index is 0.00895. The van der Waals surface area contributed by atoms with E-state index in [9.17, 15) is 14.4 Å². The van der Waals surface area contributed by atoms with Crippen molar-refractivity contribution in [1.29, 1.82) is 0 Å². The first-order valence-corrected chi connectivity index (χ1v) is 9.41. The molecule has 6 nitrogen and oxygen atoms in total. The molecule has 0 aromatic heterocycles. The third-order valence-corrected chi connectivity index (χ3v) is 7.78. The van der Waals surface area contributed by atoms with Crippen molar-refractivity contribution < 1.29 is 28.6 Å². The summed E-state index contributed by atoms with van der Waals surface area (Å²) in [6.45, 7) is 3.50. The lowest BCUT2D eigenvalue weighted by Gasteiger charge is -2.28. The maximum atomic E-state index is 12.2.